The number of nitrogens with one attached hydrogen (secondary N) is 1. The summed E-state index contributed by atoms with van der Waals surface area (Å²) in [6, 6.07) is 15.0. The lowest BCUT2D eigenvalue weighted by Gasteiger charge is -2.22. The number of hydrogen-bond donors (Lipinski definition) is 1. The van der Waals surface area contributed by atoms with E-state index in [9.17, 15) is 0 Å². The Hall–Kier alpha value is -1.96. The van der Waals surface area contributed by atoms with Crippen LogP contribution in [-0.4, -0.2) is 18.1 Å². The van der Waals surface area contributed by atoms with Gasteiger partial charge in [-0.1, -0.05) is 24.3 Å². The van der Waals surface area contributed by atoms with Crippen molar-refractivity contribution in [2.75, 3.05) is 18.0 Å². The summed E-state index contributed by atoms with van der Waals surface area (Å²) in [4.78, 5) is 5.90. The predicted octanol–water partition coefficient (Wildman–Crippen LogP) is 4.17. The van der Waals surface area contributed by atoms with Gasteiger partial charge in [-0.2, -0.15) is 0 Å². The molecule has 0 aliphatic heterocycles. The van der Waals surface area contributed by atoms with Crippen LogP contribution in [0, 0.1) is 0 Å². The first-order valence-electron chi connectivity index (χ1n) is 6.59. The Morgan fingerprint density at radius 3 is 2.39 bits per heavy atom. The molecule has 0 unspecified atom stereocenters. The first-order valence-corrected chi connectivity index (χ1v) is 6.59. The smallest absolute Gasteiger partial charge is 0.0485 e. The van der Waals surface area contributed by atoms with E-state index < -0.39 is 0 Å². The van der Waals surface area contributed by atoms with E-state index in [0.717, 1.165) is 13.1 Å². The fraction of sp³-hybridized carbons (Fsp3) is 0.250. The quantitative estimate of drug-likeness (QED) is 0.725. The highest BCUT2D eigenvalue weighted by Crippen LogP contribution is 2.33. The third-order valence-corrected chi connectivity index (χ3v) is 3.61. The van der Waals surface area contributed by atoms with Crippen molar-refractivity contribution in [2.45, 2.75) is 13.8 Å². The van der Waals surface area contributed by atoms with Crippen LogP contribution >= 0.6 is 0 Å². The summed E-state index contributed by atoms with van der Waals surface area (Å²) in [6.07, 6.45) is 0. The third-order valence-electron chi connectivity index (χ3n) is 3.61. The molecule has 0 amide bonds. The molecule has 0 atom stereocenters. The molecule has 3 aromatic rings. The average molecular weight is 238 g/mol. The number of hydrogen-bond acceptors (Lipinski definition) is 1. The first-order chi connectivity index (χ1) is 8.85. The number of rotatable bonds is 3. The number of aromatic amines is 1. The Morgan fingerprint density at radius 1 is 0.889 bits per heavy atom. The lowest BCUT2D eigenvalue weighted by molar-refractivity contribution is 0.871. The van der Waals surface area contributed by atoms with Crippen LogP contribution in [0.3, 0.4) is 0 Å². The van der Waals surface area contributed by atoms with E-state index in [0.29, 0.717) is 0 Å². The molecule has 1 aromatic heterocycles. The molecule has 1 N–H and O–H groups in total. The van der Waals surface area contributed by atoms with Crippen molar-refractivity contribution in [3.05, 3.63) is 42.5 Å². The molecule has 0 spiro atoms. The van der Waals surface area contributed by atoms with Crippen molar-refractivity contribution in [3.8, 4) is 0 Å². The topological polar surface area (TPSA) is 19.0 Å². The van der Waals surface area contributed by atoms with Gasteiger partial charge in [0.25, 0.3) is 0 Å². The second-order valence-corrected chi connectivity index (χ2v) is 4.54. The zero-order chi connectivity index (χ0) is 12.5. The van der Waals surface area contributed by atoms with Gasteiger partial charge in [-0.15, -0.1) is 0 Å². The van der Waals surface area contributed by atoms with Crippen LogP contribution in [0.1, 0.15) is 13.8 Å². The summed E-state index contributed by atoms with van der Waals surface area (Å²) in [6.45, 7) is 6.48. The predicted molar refractivity (Wildman–Crippen MR) is 79.4 cm³/mol. The van der Waals surface area contributed by atoms with E-state index in [4.69, 9.17) is 0 Å². The van der Waals surface area contributed by atoms with Crippen LogP contribution in [0.4, 0.5) is 5.69 Å². The Labute approximate surface area is 107 Å². The maximum Gasteiger partial charge on any atom is 0.0485 e. The minimum atomic E-state index is 1.04. The summed E-state index contributed by atoms with van der Waals surface area (Å²) in [5.74, 6) is 0. The molecule has 2 nitrogen and oxygen atoms in total. The Bertz CT molecular complexity index is 678. The monoisotopic (exact) mass is 238 g/mol. The zero-order valence-electron chi connectivity index (χ0n) is 10.9. The summed E-state index contributed by atoms with van der Waals surface area (Å²) >= 11 is 0. The molecular formula is C16H18N2. The number of H-pyrrole nitrogens is 1. The van der Waals surface area contributed by atoms with E-state index >= 15 is 0 Å². The van der Waals surface area contributed by atoms with E-state index in [2.05, 4.69) is 66.2 Å². The Kier molecular flexibility index (Phi) is 2.71. The van der Waals surface area contributed by atoms with Crippen LogP contribution in [0.15, 0.2) is 42.5 Å². The summed E-state index contributed by atoms with van der Waals surface area (Å²) < 4.78 is 0. The van der Waals surface area contributed by atoms with E-state index in [1.54, 1.807) is 0 Å². The van der Waals surface area contributed by atoms with Gasteiger partial charge in [0.15, 0.2) is 0 Å². The van der Waals surface area contributed by atoms with Gasteiger partial charge in [-0.05, 0) is 32.0 Å². The van der Waals surface area contributed by atoms with Crippen LogP contribution < -0.4 is 4.90 Å². The van der Waals surface area contributed by atoms with Crippen molar-refractivity contribution in [1.82, 2.24) is 4.98 Å². The van der Waals surface area contributed by atoms with Gasteiger partial charge >= 0.3 is 0 Å². The molecule has 0 radical (unpaired) electrons. The van der Waals surface area contributed by atoms with Crippen molar-refractivity contribution in [1.29, 1.82) is 0 Å². The zero-order valence-corrected chi connectivity index (χ0v) is 10.9. The van der Waals surface area contributed by atoms with Crippen molar-refractivity contribution < 1.29 is 0 Å². The highest BCUT2D eigenvalue weighted by molar-refractivity contribution is 6.13. The summed E-state index contributed by atoms with van der Waals surface area (Å²) in [5.41, 5.74) is 3.77. The SMILES string of the molecule is CCN(CC)c1cccc2[nH]c3ccccc3c12. The second-order valence-electron chi connectivity index (χ2n) is 4.54. The number of anilines is 1. The third kappa shape index (κ3) is 1.57. The van der Waals surface area contributed by atoms with Crippen molar-refractivity contribution in [3.63, 3.8) is 0 Å². The minimum Gasteiger partial charge on any atom is -0.372 e. The maximum atomic E-state index is 3.49. The fourth-order valence-corrected chi connectivity index (χ4v) is 2.71. The van der Waals surface area contributed by atoms with Crippen LogP contribution in [0.25, 0.3) is 21.8 Å². The lowest BCUT2D eigenvalue weighted by atomic mass is 10.1. The van der Waals surface area contributed by atoms with Crippen LogP contribution in [0.5, 0.6) is 0 Å². The Morgan fingerprint density at radius 2 is 1.61 bits per heavy atom. The maximum absolute atomic E-state index is 3.49. The van der Waals surface area contributed by atoms with E-state index in [1.807, 2.05) is 0 Å². The van der Waals surface area contributed by atoms with E-state index in [-0.39, 0.29) is 0 Å². The van der Waals surface area contributed by atoms with Gasteiger partial charge in [0.05, 0.1) is 0 Å². The summed E-state index contributed by atoms with van der Waals surface area (Å²) in [7, 11) is 0. The molecule has 3 rings (SSSR count). The lowest BCUT2D eigenvalue weighted by Crippen LogP contribution is -2.21. The molecule has 2 heteroatoms. The van der Waals surface area contributed by atoms with Crippen molar-refractivity contribution in [2.24, 2.45) is 0 Å². The number of para-hydroxylation sites is 1. The molecule has 0 saturated heterocycles. The standard InChI is InChI=1S/C16H18N2/c1-3-18(4-2)15-11-7-10-14-16(15)12-8-5-6-9-13(12)17-14/h5-11,17H,3-4H2,1-2H3. The molecule has 0 fully saturated rings. The molecule has 0 bridgehead atoms. The number of aromatic nitrogens is 1. The normalized spacial score (nSPS) is 11.2. The number of fused-ring (bicyclic) bond motifs is 3. The summed E-state index contributed by atoms with van der Waals surface area (Å²) in [5, 5.41) is 2.66. The highest BCUT2D eigenvalue weighted by atomic mass is 15.1. The molecule has 92 valence electrons. The van der Waals surface area contributed by atoms with Gasteiger partial charge in [-0.3, -0.25) is 0 Å². The highest BCUT2D eigenvalue weighted by Gasteiger charge is 2.11. The van der Waals surface area contributed by atoms with Crippen LogP contribution in [0.2, 0.25) is 0 Å². The van der Waals surface area contributed by atoms with Gasteiger partial charge in [0, 0.05) is 40.6 Å². The number of benzene rings is 2. The Balaban J connectivity index is 2.38. The van der Waals surface area contributed by atoms with Gasteiger partial charge in [-0.25, -0.2) is 0 Å². The molecular weight excluding hydrogens is 220 g/mol. The van der Waals surface area contributed by atoms with Gasteiger partial charge in [0.2, 0.25) is 0 Å². The minimum absolute atomic E-state index is 1.04. The molecule has 0 aliphatic rings. The second kappa shape index (κ2) is 4.37. The number of nitrogens with zero attached hydrogens (tertiary/aromatic N) is 1. The fourth-order valence-electron chi connectivity index (χ4n) is 2.71. The molecule has 0 saturated carbocycles. The average Bonchev–Trinajstić information content (AvgIpc) is 2.79. The molecule has 18 heavy (non-hydrogen) atoms. The largest absolute Gasteiger partial charge is 0.372 e. The van der Waals surface area contributed by atoms with Crippen LogP contribution in [-0.2, 0) is 0 Å². The van der Waals surface area contributed by atoms with Crippen molar-refractivity contribution >= 4 is 27.5 Å². The molecule has 0 aliphatic carbocycles. The first kappa shape index (κ1) is 11.1. The molecule has 2 aromatic carbocycles. The molecule has 1 heterocycles. The van der Waals surface area contributed by atoms with Gasteiger partial charge < -0.3 is 9.88 Å². The van der Waals surface area contributed by atoms with Gasteiger partial charge in [0.1, 0.15) is 0 Å². The van der Waals surface area contributed by atoms with E-state index in [1.165, 1.54) is 27.5 Å².